The van der Waals surface area contributed by atoms with Crippen molar-refractivity contribution >= 4 is 21.6 Å². The summed E-state index contributed by atoms with van der Waals surface area (Å²) in [6.07, 6.45) is -3.51. The Labute approximate surface area is 182 Å². The number of hydrogen-bond donors (Lipinski definition) is 1. The van der Waals surface area contributed by atoms with E-state index in [-0.39, 0.29) is 17.1 Å². The molecule has 3 aromatic rings. The van der Waals surface area contributed by atoms with Gasteiger partial charge in [-0.25, -0.2) is 8.42 Å². The van der Waals surface area contributed by atoms with Crippen molar-refractivity contribution in [3.05, 3.63) is 78.3 Å². The molecule has 0 aliphatic rings. The third-order valence-corrected chi connectivity index (χ3v) is 6.05. The molecule has 0 spiro atoms. The lowest BCUT2D eigenvalue weighted by Crippen LogP contribution is -2.37. The lowest BCUT2D eigenvalue weighted by atomic mass is 10.2. The van der Waals surface area contributed by atoms with Crippen molar-refractivity contribution in [2.45, 2.75) is 24.7 Å². The zero-order chi connectivity index (χ0) is 23.4. The van der Waals surface area contributed by atoms with E-state index in [2.05, 4.69) is 10.1 Å². The van der Waals surface area contributed by atoms with Gasteiger partial charge in [0, 0.05) is 11.8 Å². The van der Waals surface area contributed by atoms with Crippen LogP contribution in [-0.2, 0) is 21.4 Å². The molecule has 0 saturated carbocycles. The van der Waals surface area contributed by atoms with E-state index in [9.17, 15) is 26.4 Å². The van der Waals surface area contributed by atoms with Crippen molar-refractivity contribution in [1.29, 1.82) is 0 Å². The number of nitrogens with one attached hydrogen (secondary N) is 1. The number of halogens is 3. The molecule has 2 aromatic carbocycles. The van der Waals surface area contributed by atoms with Crippen molar-refractivity contribution in [1.82, 2.24) is 4.31 Å². The highest BCUT2D eigenvalue weighted by atomic mass is 32.2. The van der Waals surface area contributed by atoms with E-state index in [0.717, 1.165) is 22.0 Å². The Kier molecular flexibility index (Phi) is 6.90. The number of hydrogen-bond acceptors (Lipinski definition) is 5. The predicted molar refractivity (Wildman–Crippen MR) is 109 cm³/mol. The van der Waals surface area contributed by atoms with Gasteiger partial charge in [0.2, 0.25) is 15.9 Å². The molecule has 0 bridgehead atoms. The van der Waals surface area contributed by atoms with Crippen molar-refractivity contribution in [3.63, 3.8) is 0 Å². The number of aryl methyl sites for hydroxylation is 1. The van der Waals surface area contributed by atoms with Crippen LogP contribution in [0, 0.1) is 6.92 Å². The van der Waals surface area contributed by atoms with E-state index >= 15 is 0 Å². The van der Waals surface area contributed by atoms with Crippen molar-refractivity contribution in [2.24, 2.45) is 0 Å². The molecule has 0 unspecified atom stereocenters. The molecule has 1 aromatic heterocycles. The van der Waals surface area contributed by atoms with Crippen LogP contribution in [0.1, 0.15) is 11.3 Å². The molecule has 1 N–H and O–H groups in total. The fourth-order valence-electron chi connectivity index (χ4n) is 2.79. The fourth-order valence-corrected chi connectivity index (χ4v) is 4.16. The summed E-state index contributed by atoms with van der Waals surface area (Å²) < 4.78 is 73.5. The summed E-state index contributed by atoms with van der Waals surface area (Å²) in [5, 5.41) is 2.39. The van der Waals surface area contributed by atoms with Crippen LogP contribution in [-0.4, -0.2) is 31.5 Å². The van der Waals surface area contributed by atoms with Crippen LogP contribution in [0.25, 0.3) is 0 Å². The number of carbonyl (C=O) groups is 1. The van der Waals surface area contributed by atoms with Gasteiger partial charge in [-0.1, -0.05) is 23.8 Å². The summed E-state index contributed by atoms with van der Waals surface area (Å²) in [6.45, 7) is 0.996. The molecule has 7 nitrogen and oxygen atoms in total. The highest BCUT2D eigenvalue weighted by Crippen LogP contribution is 2.25. The number of anilines is 1. The lowest BCUT2D eigenvalue weighted by molar-refractivity contribution is -0.274. The molecule has 3 rings (SSSR count). The number of rotatable bonds is 8. The van der Waals surface area contributed by atoms with Gasteiger partial charge in [-0.05, 0) is 43.3 Å². The van der Waals surface area contributed by atoms with Gasteiger partial charge >= 0.3 is 6.36 Å². The molecule has 0 radical (unpaired) electrons. The van der Waals surface area contributed by atoms with Crippen LogP contribution in [0.2, 0.25) is 0 Å². The Bertz CT molecular complexity index is 1160. The van der Waals surface area contributed by atoms with E-state index in [4.69, 9.17) is 4.42 Å². The minimum absolute atomic E-state index is 0.0111. The zero-order valence-corrected chi connectivity index (χ0v) is 17.6. The zero-order valence-electron chi connectivity index (χ0n) is 16.8. The summed E-state index contributed by atoms with van der Waals surface area (Å²) in [6, 6.07) is 13.9. The monoisotopic (exact) mass is 468 g/mol. The maximum Gasteiger partial charge on any atom is 0.573 e. The second-order valence-corrected chi connectivity index (χ2v) is 8.73. The van der Waals surface area contributed by atoms with Crippen LogP contribution < -0.4 is 10.1 Å². The first-order chi connectivity index (χ1) is 15.0. The quantitative estimate of drug-likeness (QED) is 0.532. The van der Waals surface area contributed by atoms with Gasteiger partial charge in [-0.15, -0.1) is 13.2 Å². The van der Waals surface area contributed by atoms with Crippen LogP contribution in [0.5, 0.6) is 5.75 Å². The molecule has 0 aliphatic carbocycles. The molecule has 11 heteroatoms. The van der Waals surface area contributed by atoms with E-state index < -0.39 is 34.6 Å². The Balaban J connectivity index is 1.80. The summed E-state index contributed by atoms with van der Waals surface area (Å²) in [7, 11) is -4.07. The highest BCUT2D eigenvalue weighted by Gasteiger charge is 2.31. The average Bonchev–Trinajstić information content (AvgIpc) is 3.20. The summed E-state index contributed by atoms with van der Waals surface area (Å²) in [5.41, 5.74) is 0.877. The molecule has 1 amide bonds. The van der Waals surface area contributed by atoms with Gasteiger partial charge < -0.3 is 14.5 Å². The van der Waals surface area contributed by atoms with Crippen LogP contribution >= 0.6 is 0 Å². The first-order valence-electron chi connectivity index (χ1n) is 9.28. The lowest BCUT2D eigenvalue weighted by Gasteiger charge is -2.21. The minimum atomic E-state index is -4.88. The van der Waals surface area contributed by atoms with E-state index in [1.165, 1.54) is 30.5 Å². The maximum atomic E-state index is 13.1. The number of sulfonamides is 1. The number of ether oxygens (including phenoxy) is 1. The molecule has 170 valence electrons. The predicted octanol–water partition coefficient (Wildman–Crippen LogP) is 4.32. The first kappa shape index (κ1) is 23.4. The molecular formula is C21H19F3N2O5S. The fraction of sp³-hybridized carbons (Fsp3) is 0.190. The average molecular weight is 468 g/mol. The molecule has 1 heterocycles. The van der Waals surface area contributed by atoms with Crippen molar-refractivity contribution in [3.8, 4) is 5.75 Å². The topological polar surface area (TPSA) is 88.9 Å². The Hall–Kier alpha value is -3.31. The molecule has 0 atom stereocenters. The molecular weight excluding hydrogens is 449 g/mol. The summed E-state index contributed by atoms with van der Waals surface area (Å²) in [5.74, 6) is -0.958. The number of furan rings is 1. The number of carbonyl (C=O) groups excluding carboxylic acids is 1. The minimum Gasteiger partial charge on any atom is -0.468 e. The molecule has 32 heavy (non-hydrogen) atoms. The van der Waals surface area contributed by atoms with Gasteiger partial charge in [-0.3, -0.25) is 4.79 Å². The van der Waals surface area contributed by atoms with Gasteiger partial charge in [-0.2, -0.15) is 4.31 Å². The Morgan fingerprint density at radius 2 is 1.81 bits per heavy atom. The second-order valence-electron chi connectivity index (χ2n) is 6.79. The van der Waals surface area contributed by atoms with E-state index in [0.29, 0.717) is 5.76 Å². The normalized spacial score (nSPS) is 12.0. The second kappa shape index (κ2) is 9.45. The third-order valence-electron chi connectivity index (χ3n) is 4.24. The standard InChI is InChI=1S/C21H19F3N2O5S/c1-15-7-9-19(10-8-15)32(28,29)26(13-18-6-3-11-30-18)14-20(27)25-16-4-2-5-17(12-16)31-21(22,23)24/h2-12H,13-14H2,1H3,(H,25,27). The van der Waals surface area contributed by atoms with Crippen LogP contribution in [0.15, 0.2) is 76.2 Å². The molecule has 0 fully saturated rings. The van der Waals surface area contributed by atoms with Crippen LogP contribution in [0.4, 0.5) is 18.9 Å². The smallest absolute Gasteiger partial charge is 0.468 e. The molecule has 0 aliphatic heterocycles. The van der Waals surface area contributed by atoms with Gasteiger partial charge in [0.1, 0.15) is 11.5 Å². The van der Waals surface area contributed by atoms with Crippen LogP contribution in [0.3, 0.4) is 0 Å². The number of alkyl halides is 3. The van der Waals surface area contributed by atoms with Crippen molar-refractivity contribution in [2.75, 3.05) is 11.9 Å². The van der Waals surface area contributed by atoms with E-state index in [1.54, 1.807) is 31.2 Å². The number of amides is 1. The highest BCUT2D eigenvalue weighted by molar-refractivity contribution is 7.89. The van der Waals surface area contributed by atoms with Crippen molar-refractivity contribution < 1.29 is 35.5 Å². The number of benzene rings is 2. The number of nitrogens with zero attached hydrogens (tertiary/aromatic N) is 1. The molecule has 0 saturated heterocycles. The third kappa shape index (κ3) is 6.34. The SMILES string of the molecule is Cc1ccc(S(=O)(=O)N(CC(=O)Nc2cccc(OC(F)(F)F)c2)Cc2ccco2)cc1. The van der Waals surface area contributed by atoms with Gasteiger partial charge in [0.05, 0.1) is 24.2 Å². The summed E-state index contributed by atoms with van der Waals surface area (Å²) >= 11 is 0. The summed E-state index contributed by atoms with van der Waals surface area (Å²) in [4.78, 5) is 12.6. The largest absolute Gasteiger partial charge is 0.573 e. The van der Waals surface area contributed by atoms with E-state index in [1.807, 2.05) is 0 Å². The first-order valence-corrected chi connectivity index (χ1v) is 10.7. The van der Waals surface area contributed by atoms with Gasteiger partial charge in [0.15, 0.2) is 0 Å². The van der Waals surface area contributed by atoms with Gasteiger partial charge in [0.25, 0.3) is 0 Å². The Morgan fingerprint density at radius 1 is 1.09 bits per heavy atom. The Morgan fingerprint density at radius 3 is 2.44 bits per heavy atom. The maximum absolute atomic E-state index is 13.1.